The first-order valence-electron chi connectivity index (χ1n) is 8.94. The Morgan fingerprint density at radius 2 is 1.92 bits per heavy atom. The van der Waals surface area contributed by atoms with Gasteiger partial charge in [-0.05, 0) is 36.6 Å². The maximum absolute atomic E-state index is 11.8. The van der Waals surface area contributed by atoms with E-state index in [0.29, 0.717) is 31.1 Å². The number of methoxy groups -OCH3 is 2. The number of amides is 1. The van der Waals surface area contributed by atoms with E-state index in [1.807, 2.05) is 18.2 Å². The molecule has 1 aromatic carbocycles. The van der Waals surface area contributed by atoms with Crippen molar-refractivity contribution < 1.29 is 23.8 Å². The molecule has 1 aromatic rings. The summed E-state index contributed by atoms with van der Waals surface area (Å²) >= 11 is 0. The lowest BCUT2D eigenvalue weighted by atomic mass is 10.2. The van der Waals surface area contributed by atoms with Crippen LogP contribution in [0.25, 0.3) is 6.08 Å². The van der Waals surface area contributed by atoms with Crippen molar-refractivity contribution in [1.29, 1.82) is 0 Å². The maximum Gasteiger partial charge on any atom is 0.305 e. The van der Waals surface area contributed by atoms with Crippen molar-refractivity contribution >= 4 is 18.0 Å². The molecule has 0 atom stereocenters. The second-order valence-corrected chi connectivity index (χ2v) is 5.77. The summed E-state index contributed by atoms with van der Waals surface area (Å²) in [6, 6.07) is 5.55. The van der Waals surface area contributed by atoms with E-state index in [2.05, 4.69) is 17.0 Å². The number of carbonyl (C=O) groups is 2. The highest BCUT2D eigenvalue weighted by Crippen LogP contribution is 2.28. The van der Waals surface area contributed by atoms with Gasteiger partial charge in [-0.25, -0.2) is 0 Å². The average Bonchev–Trinajstić information content (AvgIpc) is 2.67. The molecule has 0 aliphatic rings. The van der Waals surface area contributed by atoms with E-state index in [0.717, 1.165) is 24.8 Å². The van der Waals surface area contributed by atoms with Crippen LogP contribution >= 0.6 is 0 Å². The first-order valence-corrected chi connectivity index (χ1v) is 8.94. The minimum absolute atomic E-state index is 0.214. The Kier molecular flexibility index (Phi) is 10.6. The SMILES string of the molecule is CCCCCOc1ccc(/C=C/C(=O)NCCCC(=O)OC)cc1OC. The molecule has 0 aromatic heterocycles. The Labute approximate surface area is 155 Å². The van der Waals surface area contributed by atoms with Crippen LogP contribution in [-0.4, -0.2) is 39.2 Å². The highest BCUT2D eigenvalue weighted by atomic mass is 16.5. The average molecular weight is 363 g/mol. The van der Waals surface area contributed by atoms with Gasteiger partial charge in [0.1, 0.15) is 0 Å². The van der Waals surface area contributed by atoms with Gasteiger partial charge in [0.25, 0.3) is 0 Å². The zero-order valence-electron chi connectivity index (χ0n) is 15.9. The third-order valence-electron chi connectivity index (χ3n) is 3.70. The van der Waals surface area contributed by atoms with E-state index in [-0.39, 0.29) is 18.3 Å². The van der Waals surface area contributed by atoms with Crippen LogP contribution in [0.5, 0.6) is 11.5 Å². The van der Waals surface area contributed by atoms with Crippen LogP contribution in [0, 0.1) is 0 Å². The van der Waals surface area contributed by atoms with Crippen LogP contribution in [0.3, 0.4) is 0 Å². The molecule has 0 unspecified atom stereocenters. The third kappa shape index (κ3) is 8.55. The molecule has 0 saturated heterocycles. The molecular weight excluding hydrogens is 334 g/mol. The molecule has 0 fully saturated rings. The zero-order chi connectivity index (χ0) is 19.2. The molecule has 0 bridgehead atoms. The Hall–Kier alpha value is -2.50. The molecule has 144 valence electrons. The fourth-order valence-electron chi connectivity index (χ4n) is 2.22. The summed E-state index contributed by atoms with van der Waals surface area (Å²) in [5.41, 5.74) is 0.840. The number of rotatable bonds is 12. The van der Waals surface area contributed by atoms with Gasteiger partial charge in [-0.1, -0.05) is 25.8 Å². The predicted molar refractivity (Wildman–Crippen MR) is 101 cm³/mol. The van der Waals surface area contributed by atoms with Crippen molar-refractivity contribution in [3.05, 3.63) is 29.8 Å². The summed E-state index contributed by atoms with van der Waals surface area (Å²) in [4.78, 5) is 22.8. The number of carbonyl (C=O) groups excluding carboxylic acids is 2. The zero-order valence-corrected chi connectivity index (χ0v) is 15.9. The number of hydrogen-bond donors (Lipinski definition) is 1. The van der Waals surface area contributed by atoms with Gasteiger partial charge in [0, 0.05) is 19.0 Å². The number of unbranched alkanes of at least 4 members (excludes halogenated alkanes) is 2. The van der Waals surface area contributed by atoms with Crippen LogP contribution in [-0.2, 0) is 14.3 Å². The fraction of sp³-hybridized carbons (Fsp3) is 0.500. The van der Waals surface area contributed by atoms with Gasteiger partial charge in [-0.3, -0.25) is 9.59 Å². The Balaban J connectivity index is 2.48. The van der Waals surface area contributed by atoms with Gasteiger partial charge in [0.05, 0.1) is 20.8 Å². The van der Waals surface area contributed by atoms with Crippen molar-refractivity contribution in [3.8, 4) is 11.5 Å². The lowest BCUT2D eigenvalue weighted by molar-refractivity contribution is -0.140. The summed E-state index contributed by atoms with van der Waals surface area (Å²) in [6.07, 6.45) is 7.29. The van der Waals surface area contributed by atoms with Gasteiger partial charge < -0.3 is 19.5 Å². The molecule has 26 heavy (non-hydrogen) atoms. The van der Waals surface area contributed by atoms with Crippen molar-refractivity contribution in [2.45, 2.75) is 39.0 Å². The topological polar surface area (TPSA) is 73.9 Å². The summed E-state index contributed by atoms with van der Waals surface area (Å²) in [7, 11) is 2.94. The van der Waals surface area contributed by atoms with Crippen molar-refractivity contribution in [3.63, 3.8) is 0 Å². The van der Waals surface area contributed by atoms with E-state index in [1.54, 1.807) is 13.2 Å². The molecule has 0 saturated carbocycles. The maximum atomic E-state index is 11.8. The Morgan fingerprint density at radius 1 is 1.12 bits per heavy atom. The van der Waals surface area contributed by atoms with E-state index in [1.165, 1.54) is 13.2 Å². The second-order valence-electron chi connectivity index (χ2n) is 5.77. The van der Waals surface area contributed by atoms with Crippen LogP contribution in [0.2, 0.25) is 0 Å². The quantitative estimate of drug-likeness (QED) is 0.350. The van der Waals surface area contributed by atoms with Gasteiger partial charge in [0.15, 0.2) is 11.5 Å². The standard InChI is InChI=1S/C20H29NO5/c1-4-5-6-14-26-17-11-9-16(15-18(17)24-2)10-12-19(22)21-13-7-8-20(23)25-3/h9-12,15H,4-8,13-14H2,1-3H3,(H,21,22)/b12-10+. The van der Waals surface area contributed by atoms with Crippen molar-refractivity contribution in [2.75, 3.05) is 27.4 Å². The molecule has 0 radical (unpaired) electrons. The van der Waals surface area contributed by atoms with Gasteiger partial charge in [-0.2, -0.15) is 0 Å². The lowest BCUT2D eigenvalue weighted by Gasteiger charge is -2.11. The van der Waals surface area contributed by atoms with Crippen molar-refractivity contribution in [1.82, 2.24) is 5.32 Å². The van der Waals surface area contributed by atoms with Crippen LogP contribution in [0.15, 0.2) is 24.3 Å². The molecule has 0 heterocycles. The minimum atomic E-state index is -0.279. The molecular formula is C20H29NO5. The van der Waals surface area contributed by atoms with Gasteiger partial charge in [-0.15, -0.1) is 0 Å². The molecule has 0 aliphatic carbocycles. The summed E-state index contributed by atoms with van der Waals surface area (Å²) in [5.74, 6) is 0.850. The molecule has 6 heteroatoms. The van der Waals surface area contributed by atoms with E-state index >= 15 is 0 Å². The van der Waals surface area contributed by atoms with Crippen LogP contribution < -0.4 is 14.8 Å². The molecule has 1 N–H and O–H groups in total. The van der Waals surface area contributed by atoms with Gasteiger partial charge in [0.2, 0.25) is 5.91 Å². The Bertz CT molecular complexity index is 598. The lowest BCUT2D eigenvalue weighted by Crippen LogP contribution is -2.22. The first kappa shape index (κ1) is 21.5. The molecule has 0 aliphatic heterocycles. The van der Waals surface area contributed by atoms with Crippen LogP contribution in [0.4, 0.5) is 0 Å². The number of hydrogen-bond acceptors (Lipinski definition) is 5. The Morgan fingerprint density at radius 3 is 2.62 bits per heavy atom. The number of ether oxygens (including phenoxy) is 3. The number of nitrogens with one attached hydrogen (secondary N) is 1. The highest BCUT2D eigenvalue weighted by Gasteiger charge is 2.05. The largest absolute Gasteiger partial charge is 0.493 e. The molecule has 6 nitrogen and oxygen atoms in total. The highest BCUT2D eigenvalue weighted by molar-refractivity contribution is 5.91. The smallest absolute Gasteiger partial charge is 0.305 e. The molecule has 1 rings (SSSR count). The number of benzene rings is 1. The van der Waals surface area contributed by atoms with Crippen LogP contribution in [0.1, 0.15) is 44.6 Å². The molecule has 0 spiro atoms. The van der Waals surface area contributed by atoms with E-state index < -0.39 is 0 Å². The summed E-state index contributed by atoms with van der Waals surface area (Å²) < 4.78 is 15.6. The number of esters is 1. The summed E-state index contributed by atoms with van der Waals surface area (Å²) in [6.45, 7) is 3.23. The minimum Gasteiger partial charge on any atom is -0.493 e. The van der Waals surface area contributed by atoms with E-state index in [9.17, 15) is 9.59 Å². The van der Waals surface area contributed by atoms with Gasteiger partial charge >= 0.3 is 5.97 Å². The summed E-state index contributed by atoms with van der Waals surface area (Å²) in [5, 5.41) is 2.72. The predicted octanol–water partition coefficient (Wildman–Crippen LogP) is 3.35. The molecule has 1 amide bonds. The fourth-order valence-corrected chi connectivity index (χ4v) is 2.22. The van der Waals surface area contributed by atoms with E-state index in [4.69, 9.17) is 9.47 Å². The van der Waals surface area contributed by atoms with Crippen molar-refractivity contribution in [2.24, 2.45) is 0 Å². The monoisotopic (exact) mass is 363 g/mol. The first-order chi connectivity index (χ1) is 12.6. The second kappa shape index (κ2) is 12.8. The normalized spacial score (nSPS) is 10.6. The third-order valence-corrected chi connectivity index (χ3v) is 3.70.